The van der Waals surface area contributed by atoms with Gasteiger partial charge in [-0.25, -0.2) is 9.37 Å². The molecule has 1 N–H and O–H groups in total. The predicted octanol–water partition coefficient (Wildman–Crippen LogP) is 3.52. The zero-order valence-electron chi connectivity index (χ0n) is 19.7. The maximum absolute atomic E-state index is 13.3. The zero-order valence-corrected chi connectivity index (χ0v) is 19.7. The molecule has 0 aliphatic carbocycles. The van der Waals surface area contributed by atoms with E-state index in [9.17, 15) is 9.18 Å². The van der Waals surface area contributed by atoms with Gasteiger partial charge in [0.05, 0.1) is 5.69 Å². The summed E-state index contributed by atoms with van der Waals surface area (Å²) in [4.78, 5) is 21.9. The number of halogens is 1. The summed E-state index contributed by atoms with van der Waals surface area (Å²) in [5.74, 6) is 0.919. The van der Waals surface area contributed by atoms with Crippen molar-refractivity contribution in [2.45, 2.75) is 33.6 Å². The molecule has 8 heteroatoms. The van der Waals surface area contributed by atoms with E-state index in [-0.39, 0.29) is 17.6 Å². The molecule has 0 spiro atoms. The van der Waals surface area contributed by atoms with Crippen molar-refractivity contribution < 1.29 is 9.18 Å². The van der Waals surface area contributed by atoms with Crippen molar-refractivity contribution in [2.24, 2.45) is 5.92 Å². The Morgan fingerprint density at radius 1 is 1.15 bits per heavy atom. The Bertz CT molecular complexity index is 1080. The number of carbonyl (C=O) groups excluding carboxylic acids is 1. The summed E-state index contributed by atoms with van der Waals surface area (Å²) in [6.45, 7) is 11.4. The van der Waals surface area contributed by atoms with E-state index in [1.165, 1.54) is 12.1 Å². The number of amides is 1. The van der Waals surface area contributed by atoms with Crippen LogP contribution in [0.5, 0.6) is 0 Å². The minimum absolute atomic E-state index is 0.0452. The second-order valence-electron chi connectivity index (χ2n) is 8.64. The number of fused-ring (bicyclic) bond motifs is 1. The topological polar surface area (TPSA) is 65.8 Å². The van der Waals surface area contributed by atoms with Crippen LogP contribution in [0, 0.1) is 18.7 Å². The fraction of sp³-hybridized carbons (Fsp3) is 0.480. The standard InChI is InChI=1S/C25H33FN6O/c1-4-30(5-2)15-12-27-25(33)20-10-13-31(14-11-20)24-16-18(3)28-23-17-22(29-32(23)24)19-6-8-21(26)9-7-19/h6-9,16-17,20H,4-5,10-15H2,1-3H3,(H,27,33). The number of aromatic nitrogens is 3. The van der Waals surface area contributed by atoms with Crippen molar-refractivity contribution in [3.8, 4) is 11.3 Å². The number of hydrogen-bond acceptors (Lipinski definition) is 5. The molecule has 0 bridgehead atoms. The highest BCUT2D eigenvalue weighted by Crippen LogP contribution is 2.27. The lowest BCUT2D eigenvalue weighted by Crippen LogP contribution is -2.43. The van der Waals surface area contributed by atoms with Crippen molar-refractivity contribution in [3.63, 3.8) is 0 Å². The van der Waals surface area contributed by atoms with Gasteiger partial charge in [-0.2, -0.15) is 9.61 Å². The molecule has 0 saturated carbocycles. The molecule has 0 atom stereocenters. The number of carbonyl (C=O) groups is 1. The number of nitrogens with one attached hydrogen (secondary N) is 1. The predicted molar refractivity (Wildman–Crippen MR) is 129 cm³/mol. The average Bonchev–Trinajstić information content (AvgIpc) is 3.25. The van der Waals surface area contributed by atoms with Crippen molar-refractivity contribution in [1.82, 2.24) is 24.8 Å². The number of anilines is 1. The number of rotatable bonds is 8. The third-order valence-electron chi connectivity index (χ3n) is 6.49. The summed E-state index contributed by atoms with van der Waals surface area (Å²) >= 11 is 0. The first-order valence-corrected chi connectivity index (χ1v) is 11.9. The van der Waals surface area contributed by atoms with Gasteiger partial charge in [0.25, 0.3) is 0 Å². The van der Waals surface area contributed by atoms with Crippen LogP contribution in [0.3, 0.4) is 0 Å². The van der Waals surface area contributed by atoms with Crippen molar-refractivity contribution in [2.75, 3.05) is 44.2 Å². The van der Waals surface area contributed by atoms with E-state index in [2.05, 4.69) is 33.9 Å². The molecule has 3 heterocycles. The second-order valence-corrected chi connectivity index (χ2v) is 8.64. The van der Waals surface area contributed by atoms with Crippen LogP contribution in [0.25, 0.3) is 16.9 Å². The molecule has 4 rings (SSSR count). The van der Waals surface area contributed by atoms with E-state index in [1.54, 1.807) is 12.1 Å². The molecule has 0 unspecified atom stereocenters. The van der Waals surface area contributed by atoms with E-state index in [0.717, 1.165) is 74.0 Å². The summed E-state index contributed by atoms with van der Waals surface area (Å²) in [6, 6.07) is 10.3. The lowest BCUT2D eigenvalue weighted by atomic mass is 9.96. The number of piperidine rings is 1. The number of nitrogens with zero attached hydrogens (tertiary/aromatic N) is 5. The normalized spacial score (nSPS) is 14.9. The number of benzene rings is 1. The molecule has 3 aromatic rings. The second kappa shape index (κ2) is 10.3. The molecule has 1 fully saturated rings. The van der Waals surface area contributed by atoms with Gasteiger partial charge in [0, 0.05) is 55.5 Å². The first-order valence-electron chi connectivity index (χ1n) is 11.9. The van der Waals surface area contributed by atoms with E-state index >= 15 is 0 Å². The largest absolute Gasteiger partial charge is 0.356 e. The van der Waals surface area contributed by atoms with Gasteiger partial charge >= 0.3 is 0 Å². The minimum Gasteiger partial charge on any atom is -0.356 e. The quantitative estimate of drug-likeness (QED) is 0.567. The molecule has 1 saturated heterocycles. The van der Waals surface area contributed by atoms with Crippen LogP contribution in [-0.2, 0) is 4.79 Å². The van der Waals surface area contributed by atoms with Gasteiger partial charge in [-0.05, 0) is 57.1 Å². The monoisotopic (exact) mass is 452 g/mol. The first kappa shape index (κ1) is 23.2. The van der Waals surface area contributed by atoms with E-state index in [1.807, 2.05) is 23.6 Å². The molecule has 1 aliphatic heterocycles. The number of hydrogen-bond donors (Lipinski definition) is 1. The van der Waals surface area contributed by atoms with Crippen LogP contribution in [0.2, 0.25) is 0 Å². The van der Waals surface area contributed by atoms with E-state index in [4.69, 9.17) is 5.10 Å². The average molecular weight is 453 g/mol. The van der Waals surface area contributed by atoms with Crippen LogP contribution in [-0.4, -0.2) is 64.7 Å². The van der Waals surface area contributed by atoms with Crippen molar-refractivity contribution >= 4 is 17.4 Å². The van der Waals surface area contributed by atoms with Gasteiger partial charge in [-0.15, -0.1) is 0 Å². The molecular weight excluding hydrogens is 419 g/mol. The third-order valence-corrected chi connectivity index (χ3v) is 6.49. The smallest absolute Gasteiger partial charge is 0.223 e. The Morgan fingerprint density at radius 3 is 2.52 bits per heavy atom. The van der Waals surface area contributed by atoms with Crippen LogP contribution < -0.4 is 10.2 Å². The van der Waals surface area contributed by atoms with Crippen LogP contribution in [0.15, 0.2) is 36.4 Å². The maximum atomic E-state index is 13.3. The molecular formula is C25H33FN6O. The fourth-order valence-corrected chi connectivity index (χ4v) is 4.46. The first-order chi connectivity index (χ1) is 16.0. The number of aryl methyl sites for hydroxylation is 1. The van der Waals surface area contributed by atoms with E-state index < -0.39 is 0 Å². The van der Waals surface area contributed by atoms with Gasteiger partial charge in [0.15, 0.2) is 5.65 Å². The SMILES string of the molecule is CCN(CC)CCNC(=O)C1CCN(c2cc(C)nc3cc(-c4ccc(F)cc4)nn23)CC1. The Hall–Kier alpha value is -3.00. The summed E-state index contributed by atoms with van der Waals surface area (Å²) in [5.41, 5.74) is 3.29. The summed E-state index contributed by atoms with van der Waals surface area (Å²) in [5, 5.41) is 7.88. The number of likely N-dealkylation sites (N-methyl/N-ethyl adjacent to an activating group) is 1. The molecule has 176 valence electrons. The summed E-state index contributed by atoms with van der Waals surface area (Å²) < 4.78 is 15.2. The third kappa shape index (κ3) is 5.33. The van der Waals surface area contributed by atoms with Gasteiger partial charge in [0.1, 0.15) is 11.6 Å². The highest BCUT2D eigenvalue weighted by atomic mass is 19.1. The van der Waals surface area contributed by atoms with Gasteiger partial charge in [0.2, 0.25) is 5.91 Å². The fourth-order valence-electron chi connectivity index (χ4n) is 4.46. The Balaban J connectivity index is 1.43. The van der Waals surface area contributed by atoms with Gasteiger partial charge < -0.3 is 15.1 Å². The lowest BCUT2D eigenvalue weighted by molar-refractivity contribution is -0.125. The molecule has 33 heavy (non-hydrogen) atoms. The van der Waals surface area contributed by atoms with Crippen LogP contribution in [0.1, 0.15) is 32.4 Å². The Kier molecular flexibility index (Phi) is 7.23. The maximum Gasteiger partial charge on any atom is 0.223 e. The summed E-state index contributed by atoms with van der Waals surface area (Å²) in [6.07, 6.45) is 1.62. The molecule has 1 aliphatic rings. The molecule has 0 radical (unpaired) electrons. The molecule has 7 nitrogen and oxygen atoms in total. The Morgan fingerprint density at radius 2 is 1.85 bits per heavy atom. The van der Waals surface area contributed by atoms with Crippen LogP contribution >= 0.6 is 0 Å². The molecule has 1 amide bonds. The highest BCUT2D eigenvalue weighted by molar-refractivity contribution is 5.79. The highest BCUT2D eigenvalue weighted by Gasteiger charge is 2.26. The van der Waals surface area contributed by atoms with Gasteiger partial charge in [-0.3, -0.25) is 4.79 Å². The van der Waals surface area contributed by atoms with Crippen LogP contribution in [0.4, 0.5) is 10.2 Å². The molecule has 2 aromatic heterocycles. The Labute approximate surface area is 194 Å². The minimum atomic E-state index is -0.267. The van der Waals surface area contributed by atoms with E-state index in [0.29, 0.717) is 6.54 Å². The van der Waals surface area contributed by atoms with Crippen molar-refractivity contribution in [1.29, 1.82) is 0 Å². The van der Waals surface area contributed by atoms with Gasteiger partial charge in [-0.1, -0.05) is 13.8 Å². The van der Waals surface area contributed by atoms with Crippen molar-refractivity contribution in [3.05, 3.63) is 47.9 Å². The lowest BCUT2D eigenvalue weighted by Gasteiger charge is -2.33. The summed E-state index contributed by atoms with van der Waals surface area (Å²) in [7, 11) is 0. The molecule has 1 aromatic carbocycles. The zero-order chi connectivity index (χ0) is 23.4.